The highest BCUT2D eigenvalue weighted by atomic mass is 16.3. The summed E-state index contributed by atoms with van der Waals surface area (Å²) in [7, 11) is 0. The summed E-state index contributed by atoms with van der Waals surface area (Å²) in [5.74, 6) is 0.173. The van der Waals surface area contributed by atoms with Gasteiger partial charge in [-0.05, 0) is 0 Å². The molecule has 3 nitrogen and oxygen atoms in total. The van der Waals surface area contributed by atoms with Crippen LogP contribution >= 0.6 is 0 Å². The van der Waals surface area contributed by atoms with Crippen LogP contribution in [0.5, 0.6) is 0 Å². The monoisotopic (exact) mass is 163 g/mol. The fourth-order valence-electron chi connectivity index (χ4n) is 0.850. The molecular weight excluding hydrogens is 152 g/mol. The maximum atomic E-state index is 9.37. The molecule has 1 aromatic rings. The Morgan fingerprint density at radius 3 is 2.42 bits per heavy atom. The predicted molar refractivity (Wildman–Crippen MR) is 48.2 cm³/mol. The Hall–Kier alpha value is -1.77. The lowest BCUT2D eigenvalue weighted by atomic mass is 10.2. The molecule has 0 bridgehead atoms. The van der Waals surface area contributed by atoms with E-state index in [-0.39, 0.29) is 11.6 Å². The van der Waals surface area contributed by atoms with Crippen LogP contribution in [-0.2, 0) is 0 Å². The third-order valence-corrected chi connectivity index (χ3v) is 1.37. The molecule has 1 rings (SSSR count). The van der Waals surface area contributed by atoms with Crippen molar-refractivity contribution in [1.29, 1.82) is 0 Å². The van der Waals surface area contributed by atoms with E-state index >= 15 is 0 Å². The molecule has 0 radical (unpaired) electrons. The van der Waals surface area contributed by atoms with Crippen molar-refractivity contribution in [3.63, 3.8) is 0 Å². The number of aliphatic hydroxyl groups is 1. The fourth-order valence-corrected chi connectivity index (χ4v) is 0.850. The van der Waals surface area contributed by atoms with E-state index in [0.29, 0.717) is 5.56 Å². The molecule has 0 atom stereocenters. The zero-order chi connectivity index (χ0) is 8.97. The molecule has 0 aliphatic rings. The molecule has 0 heterocycles. The van der Waals surface area contributed by atoms with Gasteiger partial charge in [0.15, 0.2) is 0 Å². The van der Waals surface area contributed by atoms with E-state index in [4.69, 9.17) is 11.1 Å². The second kappa shape index (κ2) is 3.57. The van der Waals surface area contributed by atoms with Gasteiger partial charge in [0.05, 0.1) is 6.08 Å². The molecule has 0 aromatic heterocycles. The number of rotatable bonds is 2. The van der Waals surface area contributed by atoms with Crippen molar-refractivity contribution in [3.8, 4) is 0 Å². The Balaban J connectivity index is 2.93. The van der Waals surface area contributed by atoms with Gasteiger partial charge in [0.1, 0.15) is 5.76 Å². The number of amidine groups is 1. The average molecular weight is 163 g/mol. The summed E-state index contributed by atoms with van der Waals surface area (Å²) in [5, 5.41) is 14.6. The summed E-state index contributed by atoms with van der Waals surface area (Å²) in [6.45, 7) is 0. The second-order valence-electron chi connectivity index (χ2n) is 2.40. The average Bonchev–Trinajstić information content (AvgIpc) is 2.05. The van der Waals surface area contributed by atoms with Crippen LogP contribution in [0.15, 0.2) is 36.4 Å². The largest absolute Gasteiger partial charge is 0.507 e. The van der Waals surface area contributed by atoms with Crippen molar-refractivity contribution in [2.75, 3.05) is 0 Å². The Bertz CT molecular complexity index is 304. The van der Waals surface area contributed by atoms with E-state index in [1.165, 1.54) is 6.08 Å². The van der Waals surface area contributed by atoms with Gasteiger partial charge in [-0.2, -0.15) is 0 Å². The highest BCUT2D eigenvalue weighted by Crippen LogP contribution is 2.08. The number of hydrogen-bond donors (Lipinski definition) is 3. The maximum Gasteiger partial charge on any atom is 0.267 e. The first-order valence-electron chi connectivity index (χ1n) is 3.54. The third kappa shape index (κ3) is 2.12. The SMILES string of the molecule is NC(=[NH2+])/C=C(\O)c1ccccc1. The minimum absolute atomic E-state index is 0.0793. The first-order chi connectivity index (χ1) is 5.70. The normalized spacial score (nSPS) is 11.2. The molecule has 0 unspecified atom stereocenters. The fraction of sp³-hybridized carbons (Fsp3) is 0. The minimum atomic E-state index is 0.0793. The zero-order valence-electron chi connectivity index (χ0n) is 6.57. The van der Waals surface area contributed by atoms with E-state index in [2.05, 4.69) is 0 Å². The lowest BCUT2D eigenvalue weighted by Gasteiger charge is -1.96. The van der Waals surface area contributed by atoms with Gasteiger partial charge in [0.2, 0.25) is 0 Å². The minimum Gasteiger partial charge on any atom is -0.507 e. The standard InChI is InChI=1S/C9H10N2O/c10-9(11)6-8(12)7-4-2-1-3-5-7/h1-6,12H,(H3,10,11)/p+1/b8-6-. The van der Waals surface area contributed by atoms with Gasteiger partial charge < -0.3 is 5.11 Å². The molecule has 0 aliphatic heterocycles. The van der Waals surface area contributed by atoms with Crippen LogP contribution in [0.1, 0.15) is 5.56 Å². The Kier molecular flexibility index (Phi) is 2.48. The van der Waals surface area contributed by atoms with Gasteiger partial charge in [-0.25, -0.2) is 0 Å². The molecule has 0 saturated carbocycles. The van der Waals surface area contributed by atoms with Gasteiger partial charge >= 0.3 is 0 Å². The van der Waals surface area contributed by atoms with Crippen molar-refractivity contribution < 1.29 is 10.5 Å². The first kappa shape index (κ1) is 8.33. The van der Waals surface area contributed by atoms with Gasteiger partial charge in [-0.15, -0.1) is 0 Å². The maximum absolute atomic E-state index is 9.37. The molecule has 0 fully saturated rings. The quantitative estimate of drug-likeness (QED) is 0.318. The Labute approximate surface area is 70.7 Å². The summed E-state index contributed by atoms with van der Waals surface area (Å²) >= 11 is 0. The Morgan fingerprint density at radius 2 is 1.92 bits per heavy atom. The van der Waals surface area contributed by atoms with E-state index in [1.54, 1.807) is 12.1 Å². The van der Waals surface area contributed by atoms with Crippen molar-refractivity contribution in [1.82, 2.24) is 0 Å². The molecule has 0 saturated heterocycles. The summed E-state index contributed by atoms with van der Waals surface area (Å²) in [5.41, 5.74) is 5.89. The van der Waals surface area contributed by atoms with Crippen LogP contribution in [0.3, 0.4) is 0 Å². The highest BCUT2D eigenvalue weighted by Gasteiger charge is 1.98. The Morgan fingerprint density at radius 1 is 1.33 bits per heavy atom. The van der Waals surface area contributed by atoms with Crippen LogP contribution in [-0.4, -0.2) is 10.9 Å². The van der Waals surface area contributed by atoms with Gasteiger partial charge in [0, 0.05) is 5.56 Å². The number of hydrogen-bond acceptors (Lipinski definition) is 1. The number of nitrogens with two attached hydrogens (primary N) is 2. The van der Waals surface area contributed by atoms with Crippen LogP contribution in [0.25, 0.3) is 5.76 Å². The van der Waals surface area contributed by atoms with E-state index in [9.17, 15) is 5.11 Å². The predicted octanol–water partition coefficient (Wildman–Crippen LogP) is -0.298. The van der Waals surface area contributed by atoms with Gasteiger partial charge in [0.25, 0.3) is 5.84 Å². The second-order valence-corrected chi connectivity index (χ2v) is 2.40. The molecule has 0 spiro atoms. The van der Waals surface area contributed by atoms with Gasteiger partial charge in [-0.3, -0.25) is 11.1 Å². The lowest BCUT2D eigenvalue weighted by molar-refractivity contribution is -0.113. The third-order valence-electron chi connectivity index (χ3n) is 1.37. The van der Waals surface area contributed by atoms with Crippen LogP contribution in [0, 0.1) is 0 Å². The molecule has 1 aromatic carbocycles. The van der Waals surface area contributed by atoms with Crippen molar-refractivity contribution in [2.45, 2.75) is 0 Å². The van der Waals surface area contributed by atoms with Crippen molar-refractivity contribution in [2.24, 2.45) is 5.73 Å². The molecule has 3 heteroatoms. The molecule has 12 heavy (non-hydrogen) atoms. The molecule has 5 N–H and O–H groups in total. The molecule has 0 aliphatic carbocycles. The van der Waals surface area contributed by atoms with E-state index in [1.807, 2.05) is 18.2 Å². The molecule has 62 valence electrons. The number of benzene rings is 1. The van der Waals surface area contributed by atoms with Crippen LogP contribution < -0.4 is 11.1 Å². The van der Waals surface area contributed by atoms with E-state index in [0.717, 1.165) is 0 Å². The topological polar surface area (TPSA) is 71.8 Å². The van der Waals surface area contributed by atoms with Crippen LogP contribution in [0.4, 0.5) is 0 Å². The van der Waals surface area contributed by atoms with Crippen molar-refractivity contribution in [3.05, 3.63) is 42.0 Å². The first-order valence-corrected chi connectivity index (χ1v) is 3.54. The lowest BCUT2D eigenvalue weighted by Crippen LogP contribution is -2.44. The summed E-state index contributed by atoms with van der Waals surface area (Å²) in [6.07, 6.45) is 1.31. The number of aliphatic hydroxyl groups excluding tert-OH is 1. The summed E-state index contributed by atoms with van der Waals surface area (Å²) < 4.78 is 0. The van der Waals surface area contributed by atoms with Gasteiger partial charge in [-0.1, -0.05) is 30.3 Å². The van der Waals surface area contributed by atoms with Crippen LogP contribution in [0.2, 0.25) is 0 Å². The smallest absolute Gasteiger partial charge is 0.267 e. The summed E-state index contributed by atoms with van der Waals surface area (Å²) in [4.78, 5) is 0. The van der Waals surface area contributed by atoms with Crippen molar-refractivity contribution >= 4 is 11.6 Å². The summed E-state index contributed by atoms with van der Waals surface area (Å²) in [6, 6.07) is 9.06. The highest BCUT2D eigenvalue weighted by molar-refractivity contribution is 5.92. The molecule has 0 amide bonds. The van der Waals surface area contributed by atoms with E-state index < -0.39 is 0 Å². The molecular formula is C9H11N2O+. The zero-order valence-corrected chi connectivity index (χ0v) is 6.57.